The number of carboxylic acid groups (broad SMARTS) is 1. The van der Waals surface area contributed by atoms with Crippen LogP contribution in [0, 0.1) is 11.8 Å². The maximum atomic E-state index is 13.7. The average Bonchev–Trinajstić information content (AvgIpc) is 4.12. The number of aromatic amines is 2. The van der Waals surface area contributed by atoms with E-state index in [1.807, 2.05) is 38.8 Å². The number of alkyl carbamates (subject to hydrolysis) is 1. The second-order valence-electron chi connectivity index (χ2n) is 17.8. The summed E-state index contributed by atoms with van der Waals surface area (Å²) in [5, 5.41) is 16.6. The van der Waals surface area contributed by atoms with Crippen molar-refractivity contribution >= 4 is 34.8 Å². The Morgan fingerprint density at radius 2 is 1.30 bits per heavy atom. The standard InChI is InChI=1S/C48H58N8O7/c1-8-48(9-2)32-17-16-30(35-25-50-43(52-35)36-12-10-18-55(36)44(57)40(26(3)4)53-46(59)60)23-38(32)63-39-22-28-14-15-29(20-31(28)21-33(39)48)34-24-49-42(51-34)37-13-11-19-56(37)45(58)41(27(5)6)54-47(61)62-7/h14-17,20-27,36-37,40-41,53H,8-13,18-19H2,1-7H3,(H,49,51)(H,50,52)(H,54,61)(H,59,60)/t36-,37-,40?,41?/m0/s1. The van der Waals surface area contributed by atoms with Crippen molar-refractivity contribution in [3.05, 3.63) is 83.7 Å². The van der Waals surface area contributed by atoms with Gasteiger partial charge < -0.3 is 45.0 Å². The van der Waals surface area contributed by atoms with Crippen molar-refractivity contribution in [2.45, 2.75) is 110 Å². The molecule has 15 heteroatoms. The Morgan fingerprint density at radius 3 is 1.84 bits per heavy atom. The number of rotatable bonds is 12. The topological polar surface area (TPSA) is 195 Å². The zero-order chi connectivity index (χ0) is 44.7. The van der Waals surface area contributed by atoms with Crippen molar-refractivity contribution in [3.8, 4) is 34.0 Å². The lowest BCUT2D eigenvalue weighted by atomic mass is 9.68. The number of nitrogens with zero attached hydrogens (tertiary/aromatic N) is 4. The molecule has 4 atom stereocenters. The third-order valence-electron chi connectivity index (χ3n) is 13.5. The van der Waals surface area contributed by atoms with E-state index >= 15 is 0 Å². The van der Waals surface area contributed by atoms with Crippen LogP contribution in [0.2, 0.25) is 0 Å². The summed E-state index contributed by atoms with van der Waals surface area (Å²) in [4.78, 5) is 70.9. The summed E-state index contributed by atoms with van der Waals surface area (Å²) in [5.41, 5.74) is 5.50. The number of nitrogens with one attached hydrogen (secondary N) is 4. The molecule has 0 spiro atoms. The van der Waals surface area contributed by atoms with Crippen molar-refractivity contribution in [1.29, 1.82) is 0 Å². The first-order valence-electron chi connectivity index (χ1n) is 22.2. The molecule has 4 amide bonds. The van der Waals surface area contributed by atoms with Gasteiger partial charge in [-0.05, 0) is 85.4 Å². The summed E-state index contributed by atoms with van der Waals surface area (Å²) in [7, 11) is 1.29. The highest BCUT2D eigenvalue weighted by atomic mass is 16.5. The fourth-order valence-corrected chi connectivity index (χ4v) is 9.99. The summed E-state index contributed by atoms with van der Waals surface area (Å²) in [5.74, 6) is 2.29. The van der Waals surface area contributed by atoms with Crippen LogP contribution in [0.5, 0.6) is 11.5 Å². The number of imidazole rings is 2. The number of methoxy groups -OCH3 is 1. The molecule has 15 nitrogen and oxygen atoms in total. The van der Waals surface area contributed by atoms with Gasteiger partial charge in [-0.25, -0.2) is 19.6 Å². The molecule has 63 heavy (non-hydrogen) atoms. The van der Waals surface area contributed by atoms with Crippen LogP contribution < -0.4 is 15.4 Å². The third-order valence-corrected chi connectivity index (χ3v) is 13.5. The normalized spacial score (nSPS) is 18.8. The lowest BCUT2D eigenvalue weighted by Gasteiger charge is -2.39. The molecule has 0 radical (unpaired) electrons. The second kappa shape index (κ2) is 17.4. The number of carbonyl (C=O) groups is 4. The van der Waals surface area contributed by atoms with Gasteiger partial charge in [0.1, 0.15) is 35.2 Å². The molecule has 0 aliphatic carbocycles. The zero-order valence-electron chi connectivity index (χ0n) is 37.1. The number of hydrogen-bond acceptors (Lipinski definition) is 8. The van der Waals surface area contributed by atoms with Gasteiger partial charge in [-0.15, -0.1) is 0 Å². The molecule has 5 aromatic rings. The number of amides is 4. The SMILES string of the molecule is CCC1(CC)c2ccc(-c3cnc([C@@H]4CCCN4C(=O)C(NC(=O)O)C(C)C)[nH]3)cc2Oc2cc3ccc(-c4cnc([C@@H]5CCCN5C(=O)C(NC(=O)OC)C(C)C)[nH]4)cc3cc21. The Hall–Kier alpha value is -6.38. The Labute approximate surface area is 367 Å². The monoisotopic (exact) mass is 858 g/mol. The van der Waals surface area contributed by atoms with Crippen LogP contribution in [0.25, 0.3) is 33.3 Å². The molecule has 2 fully saturated rings. The van der Waals surface area contributed by atoms with Crippen LogP contribution in [-0.2, 0) is 19.7 Å². The molecule has 0 bridgehead atoms. The van der Waals surface area contributed by atoms with E-state index in [-0.39, 0.29) is 41.1 Å². The van der Waals surface area contributed by atoms with E-state index in [1.54, 1.807) is 11.1 Å². The third kappa shape index (κ3) is 7.97. The van der Waals surface area contributed by atoms with Crippen molar-refractivity contribution in [1.82, 2.24) is 40.4 Å². The number of aromatic nitrogens is 4. The fourth-order valence-electron chi connectivity index (χ4n) is 9.99. The van der Waals surface area contributed by atoms with E-state index in [0.29, 0.717) is 18.9 Å². The van der Waals surface area contributed by atoms with Gasteiger partial charge in [-0.1, -0.05) is 65.8 Å². The predicted molar refractivity (Wildman–Crippen MR) is 238 cm³/mol. The van der Waals surface area contributed by atoms with Gasteiger partial charge in [-0.3, -0.25) is 9.59 Å². The molecule has 3 aliphatic rings. The lowest BCUT2D eigenvalue weighted by Crippen LogP contribution is -2.51. The van der Waals surface area contributed by atoms with Crippen molar-refractivity contribution < 1.29 is 33.8 Å². The van der Waals surface area contributed by atoms with Crippen molar-refractivity contribution in [3.63, 3.8) is 0 Å². The lowest BCUT2D eigenvalue weighted by molar-refractivity contribution is -0.136. The van der Waals surface area contributed by atoms with Crippen molar-refractivity contribution in [2.24, 2.45) is 11.8 Å². The van der Waals surface area contributed by atoms with Gasteiger partial charge in [0, 0.05) is 40.8 Å². The van der Waals surface area contributed by atoms with E-state index < -0.39 is 24.3 Å². The highest BCUT2D eigenvalue weighted by Gasteiger charge is 2.41. The van der Waals surface area contributed by atoms with Gasteiger partial charge in [0.15, 0.2) is 0 Å². The molecule has 2 aromatic heterocycles. The largest absolute Gasteiger partial charge is 0.465 e. The summed E-state index contributed by atoms with van der Waals surface area (Å²) in [6, 6.07) is 15.0. The molecular weight excluding hydrogens is 801 g/mol. The summed E-state index contributed by atoms with van der Waals surface area (Å²) in [6.07, 6.45) is 6.63. The summed E-state index contributed by atoms with van der Waals surface area (Å²) < 4.78 is 11.6. The Morgan fingerprint density at radius 1 is 0.762 bits per heavy atom. The quantitative estimate of drug-likeness (QED) is 0.0815. The zero-order valence-corrected chi connectivity index (χ0v) is 37.1. The molecular formula is C48H58N8O7. The number of benzene rings is 3. The smallest absolute Gasteiger partial charge is 0.407 e. The Bertz CT molecular complexity index is 2540. The van der Waals surface area contributed by atoms with Crippen LogP contribution >= 0.6 is 0 Å². The highest BCUT2D eigenvalue weighted by molar-refractivity contribution is 5.90. The van der Waals surface area contributed by atoms with Crippen LogP contribution in [0.1, 0.15) is 115 Å². The Balaban J connectivity index is 1.04. The number of carbonyl (C=O) groups excluding carboxylic acids is 3. The minimum absolute atomic E-state index is 0.120. The van der Waals surface area contributed by atoms with E-state index in [4.69, 9.17) is 19.4 Å². The van der Waals surface area contributed by atoms with Gasteiger partial charge in [-0.2, -0.15) is 0 Å². The second-order valence-corrected chi connectivity index (χ2v) is 17.8. The predicted octanol–water partition coefficient (Wildman–Crippen LogP) is 8.83. The summed E-state index contributed by atoms with van der Waals surface area (Å²) in [6.45, 7) is 13.0. The molecule has 3 aromatic carbocycles. The van der Waals surface area contributed by atoms with Crippen LogP contribution in [-0.4, -0.2) is 91.1 Å². The number of fused-ring (bicyclic) bond motifs is 3. The average molecular weight is 859 g/mol. The molecule has 8 rings (SSSR count). The van der Waals surface area contributed by atoms with Gasteiger partial charge >= 0.3 is 12.2 Å². The number of hydrogen-bond donors (Lipinski definition) is 5. The molecule has 0 saturated carbocycles. The Kier molecular flexibility index (Phi) is 12.0. The molecule has 5 N–H and O–H groups in total. The van der Waals surface area contributed by atoms with E-state index in [2.05, 4.69) is 83.0 Å². The number of likely N-dealkylation sites (tertiary alicyclic amines) is 2. The van der Waals surface area contributed by atoms with E-state index in [9.17, 15) is 24.3 Å². The first-order chi connectivity index (χ1) is 30.3. The van der Waals surface area contributed by atoms with Gasteiger partial charge in [0.05, 0.1) is 43.0 Å². The number of ether oxygens (including phenoxy) is 2. The molecule has 2 saturated heterocycles. The fraction of sp³-hybridized carbons (Fsp3) is 0.458. The van der Waals surface area contributed by atoms with Crippen LogP contribution in [0.3, 0.4) is 0 Å². The molecule has 3 aliphatic heterocycles. The van der Waals surface area contributed by atoms with E-state index in [0.717, 1.165) is 100 Å². The van der Waals surface area contributed by atoms with Gasteiger partial charge in [0.2, 0.25) is 11.8 Å². The van der Waals surface area contributed by atoms with Crippen molar-refractivity contribution in [2.75, 3.05) is 20.2 Å². The first-order valence-corrected chi connectivity index (χ1v) is 22.2. The first kappa shape index (κ1) is 43.3. The minimum atomic E-state index is -1.22. The van der Waals surface area contributed by atoms with Crippen LogP contribution in [0.15, 0.2) is 60.9 Å². The maximum absolute atomic E-state index is 13.7. The molecule has 332 valence electrons. The summed E-state index contributed by atoms with van der Waals surface area (Å²) >= 11 is 0. The van der Waals surface area contributed by atoms with E-state index in [1.165, 1.54) is 7.11 Å². The molecule has 2 unspecified atom stereocenters. The van der Waals surface area contributed by atoms with Crippen LogP contribution in [0.4, 0.5) is 9.59 Å². The maximum Gasteiger partial charge on any atom is 0.407 e. The molecule has 5 heterocycles. The highest BCUT2D eigenvalue weighted by Crippen LogP contribution is 2.53. The number of H-pyrrole nitrogens is 2. The minimum Gasteiger partial charge on any atom is -0.465 e. The van der Waals surface area contributed by atoms with Gasteiger partial charge in [0.25, 0.3) is 0 Å².